The Hall–Kier alpha value is -1.14. The zero-order valence-corrected chi connectivity index (χ0v) is 13.4. The summed E-state index contributed by atoms with van der Waals surface area (Å²) in [7, 11) is 0. The number of unbranched alkanes of at least 4 members (excludes halogenated alkanes) is 1. The Morgan fingerprint density at radius 1 is 1.10 bits per heavy atom. The lowest BCUT2D eigenvalue weighted by molar-refractivity contribution is -0.125. The molecule has 0 aromatic carbocycles. The van der Waals surface area contributed by atoms with Crippen LogP contribution in [0.4, 0.5) is 0 Å². The van der Waals surface area contributed by atoms with Crippen LogP contribution in [0.1, 0.15) is 33.1 Å². The van der Waals surface area contributed by atoms with E-state index < -0.39 is 0 Å². The Bertz CT molecular complexity index is 326. The molecule has 6 nitrogen and oxygen atoms in total. The van der Waals surface area contributed by atoms with E-state index in [1.54, 1.807) is 0 Å². The quantitative estimate of drug-likeness (QED) is 0.548. The molecule has 1 fully saturated rings. The molecule has 1 heterocycles. The fourth-order valence-electron chi connectivity index (χ4n) is 2.98. The molecule has 1 aliphatic rings. The summed E-state index contributed by atoms with van der Waals surface area (Å²) in [5.41, 5.74) is 5.14. The Morgan fingerprint density at radius 3 is 2.38 bits per heavy atom. The molecule has 21 heavy (non-hydrogen) atoms. The van der Waals surface area contributed by atoms with Gasteiger partial charge in [-0.25, -0.2) is 0 Å². The van der Waals surface area contributed by atoms with E-state index in [2.05, 4.69) is 29.4 Å². The van der Waals surface area contributed by atoms with E-state index in [9.17, 15) is 9.59 Å². The predicted molar refractivity (Wildman–Crippen MR) is 83.7 cm³/mol. The van der Waals surface area contributed by atoms with Gasteiger partial charge >= 0.3 is 0 Å². The topological polar surface area (TPSA) is 87.5 Å². The smallest absolute Gasteiger partial charge is 0.239 e. The number of nitrogens with zero attached hydrogens (tertiary/aromatic N) is 1. The van der Waals surface area contributed by atoms with Gasteiger partial charge in [-0.05, 0) is 37.6 Å². The summed E-state index contributed by atoms with van der Waals surface area (Å²) < 4.78 is 0. The SMILES string of the molecule is CC1CC(C)CN(CCCCNC(=O)CNC(=O)CN)C1. The second-order valence-electron chi connectivity index (χ2n) is 6.24. The summed E-state index contributed by atoms with van der Waals surface area (Å²) in [6.07, 6.45) is 3.39. The maximum Gasteiger partial charge on any atom is 0.239 e. The summed E-state index contributed by atoms with van der Waals surface area (Å²) >= 11 is 0. The molecule has 2 atom stereocenters. The predicted octanol–water partition coefficient (Wildman–Crippen LogP) is -0.0644. The van der Waals surface area contributed by atoms with E-state index in [0.717, 1.165) is 31.2 Å². The number of amides is 2. The van der Waals surface area contributed by atoms with Gasteiger partial charge in [-0.3, -0.25) is 9.59 Å². The van der Waals surface area contributed by atoms with E-state index in [4.69, 9.17) is 5.73 Å². The maximum absolute atomic E-state index is 11.4. The number of rotatable bonds is 8. The van der Waals surface area contributed by atoms with Crippen LogP contribution in [0.3, 0.4) is 0 Å². The van der Waals surface area contributed by atoms with Crippen LogP contribution in [0, 0.1) is 11.8 Å². The highest BCUT2D eigenvalue weighted by molar-refractivity contribution is 5.85. The highest BCUT2D eigenvalue weighted by Gasteiger charge is 2.20. The van der Waals surface area contributed by atoms with Gasteiger partial charge in [0.2, 0.25) is 11.8 Å². The molecular formula is C15H30N4O2. The first-order chi connectivity index (χ1) is 10.0. The van der Waals surface area contributed by atoms with Crippen LogP contribution in [0.15, 0.2) is 0 Å². The minimum absolute atomic E-state index is 0.0111. The standard InChI is InChI=1S/C15H30N4O2/c1-12-7-13(2)11-19(10-12)6-4-3-5-17-15(21)9-18-14(20)8-16/h12-13H,3-11,16H2,1-2H3,(H,17,21)(H,18,20). The Balaban J connectivity index is 2.01. The van der Waals surface area contributed by atoms with Crippen LogP contribution in [0.25, 0.3) is 0 Å². The molecule has 0 saturated carbocycles. The molecular weight excluding hydrogens is 268 g/mol. The summed E-state index contributed by atoms with van der Waals surface area (Å²) in [6, 6.07) is 0. The van der Waals surface area contributed by atoms with Crippen molar-refractivity contribution in [3.63, 3.8) is 0 Å². The van der Waals surface area contributed by atoms with Gasteiger partial charge in [0.05, 0.1) is 13.1 Å². The Labute approximate surface area is 127 Å². The third kappa shape index (κ3) is 8.02. The number of nitrogens with two attached hydrogens (primary N) is 1. The minimum atomic E-state index is -0.307. The molecule has 1 rings (SSSR count). The lowest BCUT2D eigenvalue weighted by Gasteiger charge is -2.34. The zero-order chi connectivity index (χ0) is 15.7. The monoisotopic (exact) mass is 298 g/mol. The van der Waals surface area contributed by atoms with Crippen molar-refractivity contribution in [2.45, 2.75) is 33.1 Å². The van der Waals surface area contributed by atoms with Crippen molar-refractivity contribution in [2.24, 2.45) is 17.6 Å². The lowest BCUT2D eigenvalue weighted by Crippen LogP contribution is -2.40. The van der Waals surface area contributed by atoms with Gasteiger partial charge in [-0.1, -0.05) is 13.8 Å². The Kier molecular flexibility index (Phi) is 8.30. The maximum atomic E-state index is 11.4. The number of carbonyl (C=O) groups excluding carboxylic acids is 2. The fraction of sp³-hybridized carbons (Fsp3) is 0.867. The second kappa shape index (κ2) is 9.73. The number of likely N-dealkylation sites (tertiary alicyclic amines) is 1. The van der Waals surface area contributed by atoms with Crippen LogP contribution in [-0.2, 0) is 9.59 Å². The van der Waals surface area contributed by atoms with E-state index in [-0.39, 0.29) is 24.9 Å². The number of nitrogens with one attached hydrogen (secondary N) is 2. The summed E-state index contributed by atoms with van der Waals surface area (Å²) in [5.74, 6) is 1.12. The van der Waals surface area contributed by atoms with Gasteiger partial charge < -0.3 is 21.3 Å². The van der Waals surface area contributed by atoms with Gasteiger partial charge in [0.25, 0.3) is 0 Å². The van der Waals surface area contributed by atoms with E-state index in [0.29, 0.717) is 6.54 Å². The van der Waals surface area contributed by atoms with Crippen molar-refractivity contribution in [3.05, 3.63) is 0 Å². The van der Waals surface area contributed by atoms with Gasteiger partial charge in [0.1, 0.15) is 0 Å². The normalized spacial score (nSPS) is 22.8. The molecule has 0 aromatic rings. The molecule has 0 bridgehead atoms. The van der Waals surface area contributed by atoms with Gasteiger partial charge in [0.15, 0.2) is 0 Å². The number of carbonyl (C=O) groups is 2. The van der Waals surface area contributed by atoms with Crippen LogP contribution >= 0.6 is 0 Å². The molecule has 4 N–H and O–H groups in total. The van der Waals surface area contributed by atoms with E-state index in [1.165, 1.54) is 19.5 Å². The van der Waals surface area contributed by atoms with Crippen molar-refractivity contribution in [1.29, 1.82) is 0 Å². The molecule has 0 radical (unpaired) electrons. The molecule has 2 amide bonds. The first-order valence-electron chi connectivity index (χ1n) is 7.97. The molecule has 0 spiro atoms. The van der Waals surface area contributed by atoms with Crippen molar-refractivity contribution in [2.75, 3.05) is 39.3 Å². The fourth-order valence-corrected chi connectivity index (χ4v) is 2.98. The highest BCUT2D eigenvalue weighted by Crippen LogP contribution is 2.20. The van der Waals surface area contributed by atoms with Crippen molar-refractivity contribution in [3.8, 4) is 0 Å². The van der Waals surface area contributed by atoms with Crippen molar-refractivity contribution < 1.29 is 9.59 Å². The summed E-state index contributed by atoms with van der Waals surface area (Å²) in [4.78, 5) is 24.9. The third-order valence-electron chi connectivity index (χ3n) is 3.80. The van der Waals surface area contributed by atoms with Crippen LogP contribution in [0.2, 0.25) is 0 Å². The van der Waals surface area contributed by atoms with Gasteiger partial charge in [-0.15, -0.1) is 0 Å². The van der Waals surface area contributed by atoms with E-state index in [1.807, 2.05) is 0 Å². The molecule has 1 aliphatic heterocycles. The molecule has 2 unspecified atom stereocenters. The Morgan fingerprint density at radius 2 is 1.76 bits per heavy atom. The molecule has 0 aliphatic carbocycles. The average molecular weight is 298 g/mol. The highest BCUT2D eigenvalue weighted by atomic mass is 16.2. The molecule has 0 aromatic heterocycles. The largest absolute Gasteiger partial charge is 0.355 e. The first kappa shape index (κ1) is 17.9. The van der Waals surface area contributed by atoms with Crippen molar-refractivity contribution >= 4 is 11.8 Å². The summed E-state index contributed by atoms with van der Waals surface area (Å²) in [6.45, 7) is 8.72. The summed E-state index contributed by atoms with van der Waals surface area (Å²) in [5, 5.41) is 5.25. The van der Waals surface area contributed by atoms with Gasteiger partial charge in [0, 0.05) is 19.6 Å². The molecule has 122 valence electrons. The number of hydrogen-bond acceptors (Lipinski definition) is 4. The minimum Gasteiger partial charge on any atom is -0.355 e. The molecule has 1 saturated heterocycles. The number of piperidine rings is 1. The van der Waals surface area contributed by atoms with Crippen LogP contribution in [-0.4, -0.2) is 56.0 Å². The second-order valence-corrected chi connectivity index (χ2v) is 6.24. The first-order valence-corrected chi connectivity index (χ1v) is 7.97. The van der Waals surface area contributed by atoms with E-state index >= 15 is 0 Å². The van der Waals surface area contributed by atoms with Gasteiger partial charge in [-0.2, -0.15) is 0 Å². The number of hydrogen-bond donors (Lipinski definition) is 3. The van der Waals surface area contributed by atoms with Crippen molar-refractivity contribution in [1.82, 2.24) is 15.5 Å². The average Bonchev–Trinajstić information content (AvgIpc) is 2.43. The molecule has 6 heteroatoms. The van der Waals surface area contributed by atoms with Crippen LogP contribution in [0.5, 0.6) is 0 Å². The van der Waals surface area contributed by atoms with Crippen LogP contribution < -0.4 is 16.4 Å². The zero-order valence-electron chi connectivity index (χ0n) is 13.4. The lowest BCUT2D eigenvalue weighted by atomic mass is 9.92. The third-order valence-corrected chi connectivity index (χ3v) is 3.80.